The fourth-order valence-corrected chi connectivity index (χ4v) is 37.6. The van der Waals surface area contributed by atoms with Gasteiger partial charge >= 0.3 is 6.53 Å². The highest BCUT2D eigenvalue weighted by Crippen LogP contribution is 2.52. The van der Waals surface area contributed by atoms with Crippen molar-refractivity contribution in [3.05, 3.63) is 0 Å². The second-order valence-electron chi connectivity index (χ2n) is 14.5. The van der Waals surface area contributed by atoms with Crippen molar-refractivity contribution in [2.45, 2.75) is 144 Å². The minimum atomic E-state index is -2.27. The molecule has 196 valence electrons. The Morgan fingerprint density at radius 3 is 1.18 bits per heavy atom. The van der Waals surface area contributed by atoms with Crippen molar-refractivity contribution in [3.63, 3.8) is 0 Å². The van der Waals surface area contributed by atoms with Crippen LogP contribution < -0.4 is 0 Å². The van der Waals surface area contributed by atoms with Crippen LogP contribution in [0, 0.1) is 0 Å². The molecule has 2 heterocycles. The van der Waals surface area contributed by atoms with E-state index in [4.69, 9.17) is 15.3 Å². The summed E-state index contributed by atoms with van der Waals surface area (Å²) in [6.45, 7) is 34.5. The van der Waals surface area contributed by atoms with Crippen molar-refractivity contribution in [2.75, 3.05) is 26.2 Å². The van der Waals surface area contributed by atoms with Gasteiger partial charge in [-0.15, -0.1) is 0 Å². The largest absolute Gasteiger partial charge is 0.305 e. The fraction of sp³-hybridized carbons (Fsp3) is 1.00. The van der Waals surface area contributed by atoms with Crippen LogP contribution in [0.15, 0.2) is 0 Å². The van der Waals surface area contributed by atoms with E-state index in [-0.39, 0.29) is 22.2 Å². The number of hydrogen-bond donors (Lipinski definition) is 0. The molecule has 2 fully saturated rings. The summed E-state index contributed by atoms with van der Waals surface area (Å²) in [5.41, 5.74) is 0.630. The number of rotatable bonds is 6. The van der Waals surface area contributed by atoms with Crippen LogP contribution >= 0.6 is 15.3 Å². The summed E-state index contributed by atoms with van der Waals surface area (Å²) in [6.07, 6.45) is 5.39. The number of hydrogen-bond acceptors (Lipinski definition) is 4. The van der Waals surface area contributed by atoms with Crippen LogP contribution in [-0.2, 0) is 0 Å². The van der Waals surface area contributed by atoms with Crippen LogP contribution in [0.3, 0.4) is 0 Å². The van der Waals surface area contributed by atoms with E-state index >= 15 is 0 Å². The van der Waals surface area contributed by atoms with Gasteiger partial charge in [0.25, 0.3) is 0 Å². The topological polar surface area (TPSA) is 13.0 Å². The molecule has 0 radical (unpaired) electrons. The van der Waals surface area contributed by atoms with Crippen LogP contribution in [0.2, 0.25) is 6.04 Å². The van der Waals surface area contributed by atoms with Crippen LogP contribution in [0.5, 0.6) is 0 Å². The lowest BCUT2D eigenvalue weighted by molar-refractivity contribution is 0.231. The molecular formula is C26H57BrN4Si2. The Hall–Kier alpha value is 0.754. The molecule has 33 heavy (non-hydrogen) atoms. The highest BCUT2D eigenvalue weighted by atomic mass is 79.9. The molecule has 4 nitrogen and oxygen atoms in total. The zero-order chi connectivity index (χ0) is 25.7. The molecule has 2 aliphatic rings. The molecule has 0 amide bonds. The van der Waals surface area contributed by atoms with Crippen LogP contribution in [0.1, 0.15) is 116 Å². The van der Waals surface area contributed by atoms with Crippen LogP contribution in [0.4, 0.5) is 0 Å². The molecule has 0 N–H and O–H groups in total. The van der Waals surface area contributed by atoms with Crippen molar-refractivity contribution in [2.24, 2.45) is 0 Å². The molecule has 2 rings (SSSR count). The van der Waals surface area contributed by atoms with Gasteiger partial charge in [0.05, 0.1) is 0 Å². The van der Waals surface area contributed by atoms with Gasteiger partial charge in [-0.05, 0) is 89.1 Å². The SMILES string of the molecule is CCCCCC[Si]1([Si]2(Br)N(C(C)(C)C)CCN2C(C)(C)C)N(C(C)(C)C)CCN1C(C)(C)C. The molecule has 0 aromatic carbocycles. The smallest absolute Gasteiger partial charge is 0.301 e. The van der Waals surface area contributed by atoms with Gasteiger partial charge in [0, 0.05) is 48.3 Å². The molecule has 0 spiro atoms. The average Bonchev–Trinajstić information content (AvgIpc) is 3.17. The minimum Gasteiger partial charge on any atom is -0.305 e. The highest BCUT2D eigenvalue weighted by molar-refractivity contribution is 9.27. The predicted octanol–water partition coefficient (Wildman–Crippen LogP) is 6.85. The molecule has 0 aliphatic carbocycles. The van der Waals surface area contributed by atoms with E-state index in [1.807, 2.05) is 0 Å². The predicted molar refractivity (Wildman–Crippen MR) is 155 cm³/mol. The third kappa shape index (κ3) is 5.54. The molecule has 0 aromatic rings. The number of unbranched alkanes of at least 4 members (excludes halogenated alkanes) is 3. The number of nitrogens with zero attached hydrogens (tertiary/aromatic N) is 4. The zero-order valence-corrected chi connectivity index (χ0v) is 28.1. The summed E-state index contributed by atoms with van der Waals surface area (Å²) < 4.78 is 12.1. The quantitative estimate of drug-likeness (QED) is 0.200. The van der Waals surface area contributed by atoms with Gasteiger partial charge in [0.15, 0.2) is 0 Å². The van der Waals surface area contributed by atoms with Crippen LogP contribution in [-0.4, -0.2) is 81.0 Å². The van der Waals surface area contributed by atoms with E-state index in [0.29, 0.717) is 0 Å². The lowest BCUT2D eigenvalue weighted by Gasteiger charge is -2.62. The van der Waals surface area contributed by atoms with Crippen molar-refractivity contribution in [3.8, 4) is 0 Å². The van der Waals surface area contributed by atoms with E-state index in [9.17, 15) is 0 Å². The first-order valence-corrected chi connectivity index (χ1v) is 20.8. The van der Waals surface area contributed by atoms with Gasteiger partial charge in [0.2, 0.25) is 7.91 Å². The van der Waals surface area contributed by atoms with E-state index in [1.54, 1.807) is 0 Å². The molecule has 2 aliphatic heterocycles. The van der Waals surface area contributed by atoms with Gasteiger partial charge < -0.3 is 9.13 Å². The molecule has 7 heteroatoms. The molecule has 0 unspecified atom stereocenters. The van der Waals surface area contributed by atoms with Gasteiger partial charge in [-0.1, -0.05) is 47.9 Å². The molecule has 0 aromatic heterocycles. The Labute approximate surface area is 217 Å². The minimum absolute atomic E-state index is 0.148. The van der Waals surface area contributed by atoms with Gasteiger partial charge in [-0.2, -0.15) is 0 Å². The lowest BCUT2D eigenvalue weighted by atomic mass is 10.1. The maximum atomic E-state index is 4.84. The third-order valence-corrected chi connectivity index (χ3v) is 32.0. The fourth-order valence-electron chi connectivity index (χ4n) is 6.70. The Bertz CT molecular complexity index is 613. The first-order chi connectivity index (χ1) is 14.8. The molecule has 2 saturated heterocycles. The summed E-state index contributed by atoms with van der Waals surface area (Å²) in [5.74, 6) is 0. The lowest BCUT2D eigenvalue weighted by Crippen LogP contribution is -2.88. The van der Waals surface area contributed by atoms with Crippen molar-refractivity contribution >= 4 is 29.7 Å². The van der Waals surface area contributed by atoms with E-state index in [0.717, 1.165) is 0 Å². The molecular weight excluding hydrogens is 504 g/mol. The summed E-state index contributed by atoms with van der Waals surface area (Å²) >= 11 is 4.84. The highest BCUT2D eigenvalue weighted by Gasteiger charge is 2.75. The first-order valence-electron chi connectivity index (χ1n) is 13.6. The van der Waals surface area contributed by atoms with Gasteiger partial charge in [-0.25, -0.2) is 0 Å². The summed E-state index contributed by atoms with van der Waals surface area (Å²) in [7, 11) is -2.17. The summed E-state index contributed by atoms with van der Waals surface area (Å²) in [5, 5.41) is 0. The second kappa shape index (κ2) is 9.90. The Morgan fingerprint density at radius 1 is 0.545 bits per heavy atom. The summed E-state index contributed by atoms with van der Waals surface area (Å²) in [6, 6.07) is 1.37. The summed E-state index contributed by atoms with van der Waals surface area (Å²) in [4.78, 5) is 0. The van der Waals surface area contributed by atoms with Gasteiger partial charge in [-0.3, -0.25) is 9.13 Å². The van der Waals surface area contributed by atoms with Crippen molar-refractivity contribution in [1.29, 1.82) is 0 Å². The van der Waals surface area contributed by atoms with E-state index in [1.165, 1.54) is 57.9 Å². The maximum absolute atomic E-state index is 4.84. The van der Waals surface area contributed by atoms with Gasteiger partial charge in [0.1, 0.15) is 0 Å². The maximum Gasteiger partial charge on any atom is 0.301 e. The van der Waals surface area contributed by atoms with Crippen molar-refractivity contribution < 1.29 is 0 Å². The Kier molecular flexibility index (Phi) is 9.00. The van der Waals surface area contributed by atoms with E-state index in [2.05, 4.69) is 108 Å². The molecule has 0 atom stereocenters. The molecule has 0 bridgehead atoms. The first kappa shape index (κ1) is 30.0. The number of halogens is 1. The van der Waals surface area contributed by atoms with Crippen molar-refractivity contribution in [1.82, 2.24) is 18.3 Å². The third-order valence-electron chi connectivity index (χ3n) is 7.83. The van der Waals surface area contributed by atoms with Crippen LogP contribution in [0.25, 0.3) is 0 Å². The monoisotopic (exact) mass is 560 g/mol. The zero-order valence-electron chi connectivity index (χ0n) is 24.5. The molecule has 0 saturated carbocycles. The average molecular weight is 562 g/mol. The normalized spacial score (nSPS) is 24.2. The van der Waals surface area contributed by atoms with E-state index < -0.39 is 14.4 Å². The second-order valence-corrected chi connectivity index (χ2v) is 30.0. The standard InChI is InChI=1S/C26H57BrN4Si2/c1-14-15-16-17-22-32(28(23(2,3)4)18-19-29(32)24(5,6)7)33(27)30(25(8,9)10)20-21-31(33)26(11,12)13/h14-22H2,1-13H3. The Balaban J connectivity index is 2.87. The Morgan fingerprint density at radius 2 is 0.879 bits per heavy atom.